The molecule has 1 heterocycles. The highest BCUT2D eigenvalue weighted by atomic mass is 19.1. The first-order valence-electron chi connectivity index (χ1n) is 10.5. The van der Waals surface area contributed by atoms with E-state index in [2.05, 4.69) is 17.2 Å². The molecule has 3 aromatic carbocycles. The first-order chi connectivity index (χ1) is 15.5. The van der Waals surface area contributed by atoms with Crippen molar-refractivity contribution in [3.05, 3.63) is 107 Å². The van der Waals surface area contributed by atoms with Crippen LogP contribution < -0.4 is 5.32 Å². The SMILES string of the molecule is CCc1cccc2c(C(CC(=O)NCc3ccc(F)cc3)c3ccc(F)cc3F)c[nH]c12. The lowest BCUT2D eigenvalue weighted by atomic mass is 9.87. The van der Waals surface area contributed by atoms with Crippen molar-refractivity contribution in [2.45, 2.75) is 32.2 Å². The molecular weight excluding hydrogens is 413 g/mol. The summed E-state index contributed by atoms with van der Waals surface area (Å²) in [5.41, 5.74) is 3.85. The molecule has 164 valence electrons. The summed E-state index contributed by atoms with van der Waals surface area (Å²) in [5.74, 6) is -2.60. The summed E-state index contributed by atoms with van der Waals surface area (Å²) in [6.45, 7) is 2.28. The highest BCUT2D eigenvalue weighted by Crippen LogP contribution is 2.36. The van der Waals surface area contributed by atoms with Gasteiger partial charge in [0.05, 0.1) is 0 Å². The molecule has 1 unspecified atom stereocenters. The minimum absolute atomic E-state index is 0.0208. The van der Waals surface area contributed by atoms with E-state index in [1.807, 2.05) is 18.2 Å². The molecule has 2 N–H and O–H groups in total. The number of aryl methyl sites for hydroxylation is 1. The summed E-state index contributed by atoms with van der Waals surface area (Å²) in [6.07, 6.45) is 2.60. The third-order valence-electron chi connectivity index (χ3n) is 5.72. The van der Waals surface area contributed by atoms with E-state index in [1.165, 1.54) is 24.3 Å². The van der Waals surface area contributed by atoms with Crippen molar-refractivity contribution in [1.82, 2.24) is 10.3 Å². The molecule has 1 aromatic heterocycles. The Bertz CT molecular complexity index is 1250. The van der Waals surface area contributed by atoms with Crippen LogP contribution in [0.25, 0.3) is 10.9 Å². The number of hydrogen-bond donors (Lipinski definition) is 2. The summed E-state index contributed by atoms with van der Waals surface area (Å²) in [5, 5.41) is 3.72. The lowest BCUT2D eigenvalue weighted by Gasteiger charge is -2.18. The van der Waals surface area contributed by atoms with Gasteiger partial charge >= 0.3 is 0 Å². The molecule has 0 radical (unpaired) electrons. The molecule has 3 nitrogen and oxygen atoms in total. The lowest BCUT2D eigenvalue weighted by molar-refractivity contribution is -0.121. The van der Waals surface area contributed by atoms with Gasteiger partial charge in [-0.1, -0.05) is 43.3 Å². The van der Waals surface area contributed by atoms with E-state index in [0.717, 1.165) is 40.1 Å². The number of rotatable bonds is 7. The molecule has 1 amide bonds. The second kappa shape index (κ2) is 9.30. The summed E-state index contributed by atoms with van der Waals surface area (Å²) in [6, 6.07) is 15.2. The maximum Gasteiger partial charge on any atom is 0.221 e. The monoisotopic (exact) mass is 436 g/mol. The van der Waals surface area contributed by atoms with Crippen molar-refractivity contribution < 1.29 is 18.0 Å². The molecule has 0 saturated carbocycles. The first-order valence-corrected chi connectivity index (χ1v) is 10.5. The quantitative estimate of drug-likeness (QED) is 0.367. The zero-order valence-electron chi connectivity index (χ0n) is 17.6. The minimum atomic E-state index is -0.692. The fraction of sp³-hybridized carbons (Fsp3) is 0.192. The van der Waals surface area contributed by atoms with Crippen molar-refractivity contribution in [2.24, 2.45) is 0 Å². The van der Waals surface area contributed by atoms with Crippen LogP contribution in [0.2, 0.25) is 0 Å². The van der Waals surface area contributed by atoms with E-state index in [-0.39, 0.29) is 30.3 Å². The number of H-pyrrole nitrogens is 1. The zero-order chi connectivity index (χ0) is 22.7. The van der Waals surface area contributed by atoms with Gasteiger partial charge in [0.2, 0.25) is 5.91 Å². The van der Waals surface area contributed by atoms with Crippen LogP contribution in [0.5, 0.6) is 0 Å². The number of benzene rings is 3. The van der Waals surface area contributed by atoms with Crippen molar-refractivity contribution in [2.75, 3.05) is 0 Å². The Morgan fingerprint density at radius 3 is 2.44 bits per heavy atom. The molecular formula is C26H23F3N2O. The summed E-state index contributed by atoms with van der Waals surface area (Å²) < 4.78 is 41.4. The molecule has 4 aromatic rings. The molecule has 0 saturated heterocycles. The second-order valence-electron chi connectivity index (χ2n) is 7.76. The molecule has 32 heavy (non-hydrogen) atoms. The number of aromatic amines is 1. The average Bonchev–Trinajstić information content (AvgIpc) is 3.21. The van der Waals surface area contributed by atoms with E-state index >= 15 is 0 Å². The van der Waals surface area contributed by atoms with E-state index in [0.29, 0.717) is 0 Å². The number of halogens is 3. The first kappa shape index (κ1) is 21.7. The minimum Gasteiger partial charge on any atom is -0.361 e. The number of amides is 1. The van der Waals surface area contributed by atoms with Gasteiger partial charge in [0.1, 0.15) is 17.5 Å². The van der Waals surface area contributed by atoms with Gasteiger partial charge in [0, 0.05) is 42.0 Å². The van der Waals surface area contributed by atoms with Gasteiger partial charge in [-0.15, -0.1) is 0 Å². The van der Waals surface area contributed by atoms with Gasteiger partial charge in [-0.3, -0.25) is 4.79 Å². The highest BCUT2D eigenvalue weighted by molar-refractivity contribution is 5.88. The fourth-order valence-corrected chi connectivity index (χ4v) is 4.05. The van der Waals surface area contributed by atoms with Crippen LogP contribution in [-0.2, 0) is 17.8 Å². The zero-order valence-corrected chi connectivity index (χ0v) is 17.6. The van der Waals surface area contributed by atoms with Crippen LogP contribution in [0.4, 0.5) is 13.2 Å². The molecule has 0 fully saturated rings. The Morgan fingerprint density at radius 1 is 0.969 bits per heavy atom. The summed E-state index contributed by atoms with van der Waals surface area (Å²) in [4.78, 5) is 16.1. The molecule has 0 aliphatic rings. The summed E-state index contributed by atoms with van der Waals surface area (Å²) in [7, 11) is 0. The molecule has 1 atom stereocenters. The predicted molar refractivity (Wildman–Crippen MR) is 119 cm³/mol. The maximum absolute atomic E-state index is 14.8. The molecule has 6 heteroatoms. The number of carbonyl (C=O) groups excluding carboxylic acids is 1. The third kappa shape index (κ3) is 4.54. The largest absolute Gasteiger partial charge is 0.361 e. The Kier molecular flexibility index (Phi) is 6.30. The van der Waals surface area contributed by atoms with Gasteiger partial charge in [-0.2, -0.15) is 0 Å². The fourth-order valence-electron chi connectivity index (χ4n) is 4.05. The molecule has 0 spiro atoms. The van der Waals surface area contributed by atoms with Crippen LogP contribution in [0.3, 0.4) is 0 Å². The normalized spacial score (nSPS) is 12.1. The van der Waals surface area contributed by atoms with Crippen molar-refractivity contribution in [3.63, 3.8) is 0 Å². The van der Waals surface area contributed by atoms with Gasteiger partial charge < -0.3 is 10.3 Å². The van der Waals surface area contributed by atoms with Gasteiger partial charge in [-0.25, -0.2) is 13.2 Å². The number of nitrogens with one attached hydrogen (secondary N) is 2. The topological polar surface area (TPSA) is 44.9 Å². The van der Waals surface area contributed by atoms with E-state index in [1.54, 1.807) is 18.3 Å². The van der Waals surface area contributed by atoms with Gasteiger partial charge in [-0.05, 0) is 46.9 Å². The smallest absolute Gasteiger partial charge is 0.221 e. The van der Waals surface area contributed by atoms with Crippen LogP contribution >= 0.6 is 0 Å². The average molecular weight is 436 g/mol. The standard InChI is InChI=1S/C26H23F3N2O/c1-2-17-4-3-5-21-23(15-31-26(17)21)22(20-11-10-19(28)12-24(20)29)13-25(32)30-14-16-6-8-18(27)9-7-16/h3-12,15,22,31H,2,13-14H2,1H3,(H,30,32). The van der Waals surface area contributed by atoms with Gasteiger partial charge in [0.25, 0.3) is 0 Å². The number of aromatic nitrogens is 1. The number of carbonyl (C=O) groups is 1. The van der Waals surface area contributed by atoms with E-state index in [9.17, 15) is 18.0 Å². The van der Waals surface area contributed by atoms with Crippen LogP contribution in [0, 0.1) is 17.5 Å². The maximum atomic E-state index is 14.8. The van der Waals surface area contributed by atoms with Gasteiger partial charge in [0.15, 0.2) is 0 Å². The van der Waals surface area contributed by atoms with Crippen LogP contribution in [0.15, 0.2) is 66.9 Å². The molecule has 4 rings (SSSR count). The molecule has 0 aliphatic carbocycles. The van der Waals surface area contributed by atoms with Crippen LogP contribution in [-0.4, -0.2) is 10.9 Å². The van der Waals surface area contributed by atoms with Crippen molar-refractivity contribution in [3.8, 4) is 0 Å². The Balaban J connectivity index is 1.66. The lowest BCUT2D eigenvalue weighted by Crippen LogP contribution is -2.25. The molecule has 0 bridgehead atoms. The highest BCUT2D eigenvalue weighted by Gasteiger charge is 2.25. The Hall–Kier alpha value is -3.54. The summed E-state index contributed by atoms with van der Waals surface area (Å²) >= 11 is 0. The Labute approximate surface area is 184 Å². The predicted octanol–water partition coefficient (Wildman–Crippen LogP) is 5.99. The number of fused-ring (bicyclic) bond motifs is 1. The number of hydrogen-bond acceptors (Lipinski definition) is 1. The van der Waals surface area contributed by atoms with E-state index in [4.69, 9.17) is 0 Å². The number of para-hydroxylation sites is 1. The van der Waals surface area contributed by atoms with E-state index < -0.39 is 17.6 Å². The Morgan fingerprint density at radius 2 is 1.72 bits per heavy atom. The van der Waals surface area contributed by atoms with Crippen LogP contribution in [0.1, 0.15) is 41.5 Å². The van der Waals surface area contributed by atoms with Crippen molar-refractivity contribution in [1.29, 1.82) is 0 Å². The third-order valence-corrected chi connectivity index (χ3v) is 5.72. The van der Waals surface area contributed by atoms with Crippen molar-refractivity contribution >= 4 is 16.8 Å². The molecule has 0 aliphatic heterocycles. The second-order valence-corrected chi connectivity index (χ2v) is 7.76.